The summed E-state index contributed by atoms with van der Waals surface area (Å²) in [6.45, 7) is 12.1. The van der Waals surface area contributed by atoms with Crippen LogP contribution in [0.5, 0.6) is 0 Å². The Morgan fingerprint density at radius 2 is 1.79 bits per heavy atom. The summed E-state index contributed by atoms with van der Waals surface area (Å²) in [6, 6.07) is 17.6. The molecule has 4 aromatic rings. The Balaban J connectivity index is 1.31. The molecule has 1 amide bonds. The van der Waals surface area contributed by atoms with Crippen molar-refractivity contribution in [2.24, 2.45) is 0 Å². The van der Waals surface area contributed by atoms with Crippen LogP contribution >= 0.6 is 0 Å². The van der Waals surface area contributed by atoms with Gasteiger partial charge < -0.3 is 10.0 Å². The fraction of sp³-hybridized carbons (Fsp3) is 0.290. The molecule has 7 heteroatoms. The number of carbonyl (C=O) groups excluding carboxylic acids is 1. The number of rotatable bonds is 5. The van der Waals surface area contributed by atoms with Gasteiger partial charge in [-0.3, -0.25) is 14.7 Å². The lowest BCUT2D eigenvalue weighted by Gasteiger charge is -2.36. The maximum atomic E-state index is 13.3. The van der Waals surface area contributed by atoms with E-state index in [0.29, 0.717) is 36.1 Å². The van der Waals surface area contributed by atoms with Crippen molar-refractivity contribution in [3.8, 4) is 11.1 Å². The molecular weight excluding hydrogens is 474 g/mol. The van der Waals surface area contributed by atoms with E-state index in [1.165, 1.54) is 5.56 Å². The Labute approximate surface area is 222 Å². The van der Waals surface area contributed by atoms with E-state index in [4.69, 9.17) is 11.6 Å². The van der Waals surface area contributed by atoms with Crippen LogP contribution in [0.1, 0.15) is 43.7 Å². The quantitative estimate of drug-likeness (QED) is 0.348. The maximum absolute atomic E-state index is 13.3. The Kier molecular flexibility index (Phi) is 5.85. The highest BCUT2D eigenvalue weighted by atomic mass is 16.3. The van der Waals surface area contributed by atoms with Crippen molar-refractivity contribution in [2.75, 3.05) is 29.4 Å². The number of hydrogen-bond donors (Lipinski definition) is 1. The van der Waals surface area contributed by atoms with Gasteiger partial charge in [0, 0.05) is 35.8 Å². The molecule has 2 fully saturated rings. The van der Waals surface area contributed by atoms with Gasteiger partial charge in [0.15, 0.2) is 5.69 Å². The van der Waals surface area contributed by atoms with Gasteiger partial charge in [0.05, 0.1) is 36.1 Å². The van der Waals surface area contributed by atoms with E-state index in [2.05, 4.69) is 32.9 Å². The van der Waals surface area contributed by atoms with Crippen LogP contribution < -0.4 is 9.80 Å². The molecule has 1 N–H and O–H groups in total. The zero-order chi connectivity index (χ0) is 26.4. The Morgan fingerprint density at radius 3 is 2.42 bits per heavy atom. The molecule has 2 aliphatic rings. The Morgan fingerprint density at radius 1 is 1.00 bits per heavy atom. The van der Waals surface area contributed by atoms with Crippen molar-refractivity contribution in [2.45, 2.75) is 38.2 Å². The SMILES string of the molecule is [C-]#[N+]c1ccc(-c2cccc3c(C4CC4)c(N4CCN(c5ccc(C(C)(C)O)cn5)C(=O)C4)cnc23)cc1. The van der Waals surface area contributed by atoms with Crippen molar-refractivity contribution in [3.63, 3.8) is 0 Å². The molecular formula is C31H29N5O2. The summed E-state index contributed by atoms with van der Waals surface area (Å²) in [7, 11) is 0. The first-order chi connectivity index (χ1) is 18.3. The van der Waals surface area contributed by atoms with E-state index in [1.54, 1.807) is 31.0 Å². The first-order valence-corrected chi connectivity index (χ1v) is 13.0. The summed E-state index contributed by atoms with van der Waals surface area (Å²) in [5, 5.41) is 11.3. The van der Waals surface area contributed by atoms with Crippen LogP contribution in [0.3, 0.4) is 0 Å². The predicted molar refractivity (Wildman–Crippen MR) is 149 cm³/mol. The minimum absolute atomic E-state index is 0.00440. The lowest BCUT2D eigenvalue weighted by molar-refractivity contribution is -0.117. The molecule has 38 heavy (non-hydrogen) atoms. The summed E-state index contributed by atoms with van der Waals surface area (Å²) in [4.78, 5) is 30.0. The van der Waals surface area contributed by atoms with E-state index in [0.717, 1.165) is 40.6 Å². The monoisotopic (exact) mass is 503 g/mol. The van der Waals surface area contributed by atoms with Gasteiger partial charge in [0.2, 0.25) is 5.91 Å². The van der Waals surface area contributed by atoms with Gasteiger partial charge in [0.1, 0.15) is 5.82 Å². The largest absolute Gasteiger partial charge is 0.386 e. The smallest absolute Gasteiger partial charge is 0.247 e. The molecule has 0 unspecified atom stereocenters. The topological polar surface area (TPSA) is 73.9 Å². The second kappa shape index (κ2) is 9.23. The van der Waals surface area contributed by atoms with Crippen molar-refractivity contribution in [3.05, 3.63) is 89.5 Å². The summed E-state index contributed by atoms with van der Waals surface area (Å²) in [6.07, 6.45) is 5.86. The summed E-state index contributed by atoms with van der Waals surface area (Å²) in [5.41, 5.74) is 5.72. The minimum atomic E-state index is -0.975. The van der Waals surface area contributed by atoms with Gasteiger partial charge in [0.25, 0.3) is 0 Å². The average molecular weight is 504 g/mol. The number of aliphatic hydroxyl groups is 1. The standard InChI is InChI=1S/C31H29N5O2/c1-31(2,38)22-11-14-27(33-17-22)36-16-15-35(19-28(36)37)26-18-34-30-24(20-9-12-23(32-3)13-10-20)5-4-6-25(30)29(26)21-7-8-21/h4-6,9-14,17-18,21,38H,7-8,15-16,19H2,1-2H3. The first-order valence-electron chi connectivity index (χ1n) is 13.0. The average Bonchev–Trinajstić information content (AvgIpc) is 3.77. The van der Waals surface area contributed by atoms with Gasteiger partial charge in [-0.2, -0.15) is 0 Å². The molecule has 2 aromatic heterocycles. The molecule has 0 radical (unpaired) electrons. The molecule has 0 spiro atoms. The van der Waals surface area contributed by atoms with Gasteiger partial charge in [-0.05, 0) is 49.8 Å². The zero-order valence-corrected chi connectivity index (χ0v) is 21.6. The number of pyridine rings is 2. The van der Waals surface area contributed by atoms with Crippen molar-refractivity contribution in [1.82, 2.24) is 9.97 Å². The second-order valence-corrected chi connectivity index (χ2v) is 10.6. The highest BCUT2D eigenvalue weighted by Gasteiger charge is 2.33. The number of anilines is 2. The summed E-state index contributed by atoms with van der Waals surface area (Å²) >= 11 is 0. The van der Waals surface area contributed by atoms with E-state index < -0.39 is 5.60 Å². The molecule has 2 aromatic carbocycles. The van der Waals surface area contributed by atoms with Crippen LogP contribution in [0.2, 0.25) is 0 Å². The van der Waals surface area contributed by atoms with Crippen molar-refractivity contribution >= 4 is 34.0 Å². The van der Waals surface area contributed by atoms with Crippen LogP contribution in [0.25, 0.3) is 26.9 Å². The number of aromatic nitrogens is 2. The van der Waals surface area contributed by atoms with E-state index in [1.807, 2.05) is 36.5 Å². The van der Waals surface area contributed by atoms with Crippen LogP contribution in [-0.2, 0) is 10.4 Å². The van der Waals surface area contributed by atoms with Crippen LogP contribution in [0, 0.1) is 6.57 Å². The lowest BCUT2D eigenvalue weighted by atomic mass is 9.96. The van der Waals surface area contributed by atoms with Crippen molar-refractivity contribution < 1.29 is 9.90 Å². The molecule has 0 atom stereocenters. The van der Waals surface area contributed by atoms with E-state index in [9.17, 15) is 9.90 Å². The predicted octanol–water partition coefficient (Wildman–Crippen LogP) is 5.81. The number of nitrogens with zero attached hydrogens (tertiary/aromatic N) is 5. The number of hydrogen-bond acceptors (Lipinski definition) is 5. The Bertz CT molecular complexity index is 1560. The molecule has 7 nitrogen and oxygen atoms in total. The fourth-order valence-corrected chi connectivity index (χ4v) is 5.26. The zero-order valence-electron chi connectivity index (χ0n) is 21.6. The molecule has 1 saturated heterocycles. The normalized spacial score (nSPS) is 16.1. The number of para-hydroxylation sites is 1. The van der Waals surface area contributed by atoms with Crippen molar-refractivity contribution in [1.29, 1.82) is 0 Å². The third-order valence-electron chi connectivity index (χ3n) is 7.50. The second-order valence-electron chi connectivity index (χ2n) is 10.6. The number of fused-ring (bicyclic) bond motifs is 1. The third kappa shape index (κ3) is 4.37. The number of piperazine rings is 1. The molecule has 0 bridgehead atoms. The Hall–Kier alpha value is -4.28. The highest BCUT2D eigenvalue weighted by Crippen LogP contribution is 2.48. The molecule has 1 saturated carbocycles. The lowest BCUT2D eigenvalue weighted by Crippen LogP contribution is -2.51. The van der Waals surface area contributed by atoms with Gasteiger partial charge in [-0.1, -0.05) is 48.5 Å². The molecule has 190 valence electrons. The number of benzene rings is 2. The third-order valence-corrected chi connectivity index (χ3v) is 7.50. The van der Waals surface area contributed by atoms with Crippen LogP contribution in [0.15, 0.2) is 67.0 Å². The van der Waals surface area contributed by atoms with E-state index in [-0.39, 0.29) is 12.5 Å². The summed E-state index contributed by atoms with van der Waals surface area (Å²) in [5.74, 6) is 1.07. The van der Waals surface area contributed by atoms with Crippen LogP contribution in [-0.4, -0.2) is 40.6 Å². The summed E-state index contributed by atoms with van der Waals surface area (Å²) < 4.78 is 0. The first kappa shape index (κ1) is 24.1. The molecule has 1 aliphatic heterocycles. The van der Waals surface area contributed by atoms with Gasteiger partial charge >= 0.3 is 0 Å². The maximum Gasteiger partial charge on any atom is 0.247 e. The van der Waals surface area contributed by atoms with Crippen LogP contribution in [0.4, 0.5) is 17.2 Å². The number of carbonyl (C=O) groups is 1. The van der Waals surface area contributed by atoms with Gasteiger partial charge in [-0.25, -0.2) is 9.83 Å². The molecule has 6 rings (SSSR count). The highest BCUT2D eigenvalue weighted by molar-refractivity contribution is 6.00. The molecule has 3 heterocycles. The molecule has 1 aliphatic carbocycles. The number of amides is 1. The van der Waals surface area contributed by atoms with E-state index >= 15 is 0 Å². The van der Waals surface area contributed by atoms with Gasteiger partial charge in [-0.15, -0.1) is 0 Å². The fourth-order valence-electron chi connectivity index (χ4n) is 5.26. The minimum Gasteiger partial charge on any atom is -0.386 e.